The van der Waals surface area contributed by atoms with Crippen LogP contribution in [0.15, 0.2) is 26.0 Å². The molecule has 0 aliphatic carbocycles. The lowest BCUT2D eigenvalue weighted by atomic mass is 10.2. The van der Waals surface area contributed by atoms with E-state index in [0.717, 1.165) is 0 Å². The van der Waals surface area contributed by atoms with Crippen LogP contribution in [0.3, 0.4) is 0 Å². The minimum absolute atomic E-state index is 0.188. The molecule has 0 amide bonds. The molecule has 0 unspecified atom stereocenters. The zero-order valence-corrected chi connectivity index (χ0v) is 16.3. The lowest BCUT2D eigenvalue weighted by Crippen LogP contribution is -2.37. The number of benzene rings is 1. The molecule has 0 fully saturated rings. The largest absolute Gasteiger partial charge is 0.399 e. The van der Waals surface area contributed by atoms with E-state index >= 15 is 0 Å². The molecule has 1 aromatic carbocycles. The highest BCUT2D eigenvalue weighted by Crippen LogP contribution is 2.34. The molecule has 1 rings (SSSR count). The van der Waals surface area contributed by atoms with E-state index in [9.17, 15) is 8.42 Å². The number of sulfonamides is 1. The smallest absolute Gasteiger partial charge is 0.245 e. The second kappa shape index (κ2) is 7.92. The zero-order chi connectivity index (χ0) is 16.2. The van der Waals surface area contributed by atoms with Crippen molar-refractivity contribution in [2.75, 3.05) is 32.5 Å². The highest BCUT2D eigenvalue weighted by Gasteiger charge is 2.29. The summed E-state index contributed by atoms with van der Waals surface area (Å²) in [6.45, 7) is 5.02. The summed E-state index contributed by atoms with van der Waals surface area (Å²) in [5.41, 5.74) is 6.21. The summed E-state index contributed by atoms with van der Waals surface area (Å²) in [7, 11) is -2.09. The van der Waals surface area contributed by atoms with Gasteiger partial charge in [-0.15, -0.1) is 0 Å². The fourth-order valence-corrected chi connectivity index (χ4v) is 5.99. The van der Waals surface area contributed by atoms with E-state index in [4.69, 9.17) is 10.5 Å². The van der Waals surface area contributed by atoms with Gasteiger partial charge in [-0.2, -0.15) is 4.31 Å². The number of nitrogens with zero attached hydrogens (tertiary/aromatic N) is 1. The highest BCUT2D eigenvalue weighted by atomic mass is 79.9. The van der Waals surface area contributed by atoms with Gasteiger partial charge in [-0.25, -0.2) is 8.42 Å². The standard InChI is InChI=1S/C13H20Br2N2O3S/c1-9(2)8-17(4-5-20-3)21(18,19)13-11(14)6-10(16)7-12(13)15/h6-7,9H,4-5,8,16H2,1-3H3. The van der Waals surface area contributed by atoms with E-state index in [2.05, 4.69) is 31.9 Å². The van der Waals surface area contributed by atoms with Gasteiger partial charge in [0.15, 0.2) is 0 Å². The minimum atomic E-state index is -3.64. The normalized spacial score (nSPS) is 12.3. The fourth-order valence-electron chi connectivity index (χ4n) is 1.86. The average Bonchev–Trinajstić information content (AvgIpc) is 2.32. The van der Waals surface area contributed by atoms with E-state index in [0.29, 0.717) is 34.3 Å². The predicted octanol–water partition coefficient (Wildman–Crippen LogP) is 3.09. The number of hydrogen-bond acceptors (Lipinski definition) is 4. The molecule has 21 heavy (non-hydrogen) atoms. The molecule has 0 heterocycles. The molecule has 1 aromatic rings. The molecule has 0 saturated heterocycles. The summed E-state index contributed by atoms with van der Waals surface area (Å²) in [5, 5.41) is 0. The van der Waals surface area contributed by atoms with Crippen molar-refractivity contribution in [1.82, 2.24) is 4.31 Å². The van der Waals surface area contributed by atoms with Gasteiger partial charge in [-0.05, 0) is 49.9 Å². The van der Waals surface area contributed by atoms with Crippen LogP contribution in [0.5, 0.6) is 0 Å². The van der Waals surface area contributed by atoms with E-state index in [1.54, 1.807) is 19.2 Å². The van der Waals surface area contributed by atoms with Gasteiger partial charge in [0.1, 0.15) is 4.90 Å². The number of hydrogen-bond donors (Lipinski definition) is 1. The molecule has 0 aliphatic heterocycles. The fraction of sp³-hybridized carbons (Fsp3) is 0.538. The quantitative estimate of drug-likeness (QED) is 0.657. The summed E-state index contributed by atoms with van der Waals surface area (Å²) in [4.78, 5) is 0.188. The number of methoxy groups -OCH3 is 1. The second-order valence-corrected chi connectivity index (χ2v) is 8.65. The van der Waals surface area contributed by atoms with Crippen molar-refractivity contribution < 1.29 is 13.2 Å². The summed E-state index contributed by atoms with van der Waals surface area (Å²) in [6, 6.07) is 3.17. The lowest BCUT2D eigenvalue weighted by Gasteiger charge is -2.25. The highest BCUT2D eigenvalue weighted by molar-refractivity contribution is 9.11. The van der Waals surface area contributed by atoms with Crippen LogP contribution < -0.4 is 5.73 Å². The van der Waals surface area contributed by atoms with Gasteiger partial charge in [-0.1, -0.05) is 13.8 Å². The number of ether oxygens (including phenoxy) is 1. The van der Waals surface area contributed by atoms with Crippen molar-refractivity contribution in [3.63, 3.8) is 0 Å². The molecule has 2 N–H and O–H groups in total. The summed E-state index contributed by atoms with van der Waals surface area (Å²) in [6.07, 6.45) is 0. The minimum Gasteiger partial charge on any atom is -0.399 e. The van der Waals surface area contributed by atoms with Gasteiger partial charge >= 0.3 is 0 Å². The van der Waals surface area contributed by atoms with Crippen LogP contribution in [-0.4, -0.2) is 39.5 Å². The Bertz CT molecular complexity index is 568. The van der Waals surface area contributed by atoms with Gasteiger partial charge in [0.2, 0.25) is 10.0 Å². The van der Waals surface area contributed by atoms with E-state index in [-0.39, 0.29) is 10.8 Å². The van der Waals surface area contributed by atoms with Crippen LogP contribution in [0.2, 0.25) is 0 Å². The lowest BCUT2D eigenvalue weighted by molar-refractivity contribution is 0.175. The molecule has 8 heteroatoms. The first-order valence-electron chi connectivity index (χ1n) is 6.43. The van der Waals surface area contributed by atoms with Crippen molar-refractivity contribution >= 4 is 47.6 Å². The van der Waals surface area contributed by atoms with Crippen LogP contribution in [0.4, 0.5) is 5.69 Å². The SMILES string of the molecule is COCCN(CC(C)C)S(=O)(=O)c1c(Br)cc(N)cc1Br. The molecular weight excluding hydrogens is 424 g/mol. The molecule has 0 saturated carbocycles. The number of nitrogens with two attached hydrogens (primary N) is 1. The molecule has 0 bridgehead atoms. The van der Waals surface area contributed by atoms with Crippen LogP contribution in [0.1, 0.15) is 13.8 Å². The van der Waals surface area contributed by atoms with E-state index < -0.39 is 10.0 Å². The monoisotopic (exact) mass is 442 g/mol. The van der Waals surface area contributed by atoms with Gasteiger partial charge in [0.25, 0.3) is 0 Å². The third-order valence-electron chi connectivity index (χ3n) is 2.73. The van der Waals surface area contributed by atoms with Gasteiger partial charge in [0, 0.05) is 34.8 Å². The van der Waals surface area contributed by atoms with Gasteiger partial charge in [0.05, 0.1) is 6.61 Å². The first kappa shape index (κ1) is 18.9. The number of anilines is 1. The van der Waals surface area contributed by atoms with Crippen molar-refractivity contribution in [3.8, 4) is 0 Å². The maximum atomic E-state index is 12.9. The first-order chi connectivity index (χ1) is 9.70. The molecule has 0 aromatic heterocycles. The molecule has 0 aliphatic rings. The number of halogens is 2. The van der Waals surface area contributed by atoms with Gasteiger partial charge < -0.3 is 10.5 Å². The Morgan fingerprint density at radius 2 is 1.81 bits per heavy atom. The Balaban J connectivity index is 3.28. The summed E-state index contributed by atoms with van der Waals surface area (Å²) in [5.74, 6) is 0.211. The molecule has 0 spiro atoms. The van der Waals surface area contributed by atoms with E-state index in [1.165, 1.54) is 4.31 Å². The zero-order valence-electron chi connectivity index (χ0n) is 12.3. The van der Waals surface area contributed by atoms with Crippen molar-refractivity contribution in [2.45, 2.75) is 18.7 Å². The van der Waals surface area contributed by atoms with Crippen molar-refractivity contribution in [2.24, 2.45) is 5.92 Å². The Hall–Kier alpha value is -0.150. The third-order valence-corrected chi connectivity index (χ3v) is 6.48. The van der Waals surface area contributed by atoms with Crippen LogP contribution in [-0.2, 0) is 14.8 Å². The maximum absolute atomic E-state index is 12.9. The molecule has 0 atom stereocenters. The molecule has 0 radical (unpaired) electrons. The summed E-state index contributed by atoms with van der Waals surface area (Å²) >= 11 is 6.58. The van der Waals surface area contributed by atoms with Crippen LogP contribution in [0, 0.1) is 5.92 Å². The molecule has 5 nitrogen and oxygen atoms in total. The molecule has 120 valence electrons. The Morgan fingerprint density at radius 3 is 2.24 bits per heavy atom. The van der Waals surface area contributed by atoms with Crippen molar-refractivity contribution in [1.29, 1.82) is 0 Å². The third kappa shape index (κ3) is 4.92. The molecular formula is C13H20Br2N2O3S. The average molecular weight is 444 g/mol. The van der Waals surface area contributed by atoms with Crippen molar-refractivity contribution in [3.05, 3.63) is 21.1 Å². The Kier molecular flexibility index (Phi) is 7.12. The Morgan fingerprint density at radius 1 is 1.29 bits per heavy atom. The van der Waals surface area contributed by atoms with Gasteiger partial charge in [-0.3, -0.25) is 0 Å². The second-order valence-electron chi connectivity index (χ2n) is 5.06. The number of rotatable bonds is 7. The maximum Gasteiger partial charge on any atom is 0.245 e. The Labute approximate surface area is 143 Å². The van der Waals surface area contributed by atoms with E-state index in [1.807, 2.05) is 13.8 Å². The number of nitrogen functional groups attached to an aromatic ring is 1. The van der Waals surface area contributed by atoms with Crippen LogP contribution >= 0.6 is 31.9 Å². The summed E-state index contributed by atoms with van der Waals surface area (Å²) < 4.78 is 33.1. The van der Waals surface area contributed by atoms with Crippen LogP contribution in [0.25, 0.3) is 0 Å². The first-order valence-corrected chi connectivity index (χ1v) is 9.46. The topological polar surface area (TPSA) is 72.6 Å². The predicted molar refractivity (Wildman–Crippen MR) is 91.7 cm³/mol.